The topological polar surface area (TPSA) is 21.3 Å². The first-order chi connectivity index (χ1) is 15.6. The van der Waals surface area contributed by atoms with Crippen molar-refractivity contribution in [2.75, 3.05) is 11.9 Å². The number of halogens is 1. The van der Waals surface area contributed by atoms with E-state index < -0.39 is 0 Å². The van der Waals surface area contributed by atoms with E-state index in [1.807, 2.05) is 54.6 Å². The van der Waals surface area contributed by atoms with Crippen LogP contribution in [-0.4, -0.2) is 6.61 Å². The third-order valence-corrected chi connectivity index (χ3v) is 5.81. The van der Waals surface area contributed by atoms with E-state index in [1.165, 1.54) is 6.07 Å². The van der Waals surface area contributed by atoms with Crippen LogP contribution in [0.4, 0.5) is 15.8 Å². The molecule has 1 unspecified atom stereocenters. The van der Waals surface area contributed by atoms with E-state index in [-0.39, 0.29) is 11.2 Å². The zero-order valence-electron chi connectivity index (χ0n) is 18.6. The summed E-state index contributed by atoms with van der Waals surface area (Å²) < 4.78 is 19.9. The van der Waals surface area contributed by atoms with Gasteiger partial charge in [-0.2, -0.15) is 0 Å². The lowest BCUT2D eigenvalue weighted by atomic mass is 9.75. The summed E-state index contributed by atoms with van der Waals surface area (Å²) in [4.78, 5) is 0. The minimum Gasteiger partial charge on any atom is -0.490 e. The van der Waals surface area contributed by atoms with Crippen molar-refractivity contribution in [3.63, 3.8) is 0 Å². The van der Waals surface area contributed by atoms with Crippen LogP contribution in [-0.2, 0) is 11.8 Å². The van der Waals surface area contributed by atoms with Crippen molar-refractivity contribution in [3.05, 3.63) is 102 Å². The average Bonchev–Trinajstić information content (AvgIpc) is 2.84. The fourth-order valence-corrected chi connectivity index (χ4v) is 3.90. The monoisotopic (exact) mass is 427 g/mol. The Balaban J connectivity index is 1.67. The predicted octanol–water partition coefficient (Wildman–Crippen LogP) is 7.44. The van der Waals surface area contributed by atoms with Crippen molar-refractivity contribution in [2.45, 2.75) is 38.0 Å². The maximum absolute atomic E-state index is 14.3. The zero-order chi connectivity index (χ0) is 22.8. The van der Waals surface area contributed by atoms with Crippen LogP contribution < -0.4 is 10.1 Å². The van der Waals surface area contributed by atoms with Crippen molar-refractivity contribution >= 4 is 11.4 Å². The van der Waals surface area contributed by atoms with Gasteiger partial charge in [-0.3, -0.25) is 0 Å². The Morgan fingerprint density at radius 1 is 1.09 bits per heavy atom. The SMILES string of the molecule is C#CC(CC)(CCCc1ccc(F)c(Nc2ccccc2)c1)c1ccc(OCC=C)cc1. The number of benzene rings is 3. The molecule has 0 spiro atoms. The van der Waals surface area contributed by atoms with Crippen LogP contribution in [0.2, 0.25) is 0 Å². The van der Waals surface area contributed by atoms with Crippen molar-refractivity contribution in [1.29, 1.82) is 0 Å². The number of nitrogens with one attached hydrogen (secondary N) is 1. The molecule has 1 atom stereocenters. The molecule has 3 rings (SSSR count). The maximum atomic E-state index is 14.3. The Morgan fingerprint density at radius 3 is 2.50 bits per heavy atom. The average molecular weight is 428 g/mol. The summed E-state index contributed by atoms with van der Waals surface area (Å²) in [5, 5.41) is 3.16. The highest BCUT2D eigenvalue weighted by Crippen LogP contribution is 2.34. The molecule has 32 heavy (non-hydrogen) atoms. The fraction of sp³-hybridized carbons (Fsp3) is 0.241. The van der Waals surface area contributed by atoms with Gasteiger partial charge in [0.15, 0.2) is 0 Å². The lowest BCUT2D eigenvalue weighted by Gasteiger charge is -2.28. The third-order valence-electron chi connectivity index (χ3n) is 5.81. The number of terminal acetylenes is 1. The third kappa shape index (κ3) is 5.80. The molecule has 0 aliphatic rings. The van der Waals surface area contributed by atoms with Gasteiger partial charge in [0.1, 0.15) is 18.2 Å². The molecule has 3 aromatic carbocycles. The quantitative estimate of drug-likeness (QED) is 0.254. The van der Waals surface area contributed by atoms with E-state index in [9.17, 15) is 4.39 Å². The summed E-state index contributed by atoms with van der Waals surface area (Å²) in [6.07, 6.45) is 11.2. The van der Waals surface area contributed by atoms with Crippen molar-refractivity contribution in [1.82, 2.24) is 0 Å². The summed E-state index contributed by atoms with van der Waals surface area (Å²) in [5.74, 6) is 3.60. The second-order valence-corrected chi connectivity index (χ2v) is 7.86. The van der Waals surface area contributed by atoms with Crippen LogP contribution in [0.1, 0.15) is 37.3 Å². The number of aryl methyl sites for hydroxylation is 1. The number of anilines is 2. The molecule has 0 heterocycles. The van der Waals surface area contributed by atoms with Gasteiger partial charge in [-0.1, -0.05) is 61.9 Å². The molecular formula is C29H30FNO. The van der Waals surface area contributed by atoms with Crippen LogP contribution in [0.25, 0.3) is 0 Å². The molecule has 0 saturated heterocycles. The van der Waals surface area contributed by atoms with E-state index in [1.54, 1.807) is 6.08 Å². The molecule has 0 radical (unpaired) electrons. The van der Waals surface area contributed by atoms with Crippen LogP contribution in [0.15, 0.2) is 85.5 Å². The van der Waals surface area contributed by atoms with E-state index in [4.69, 9.17) is 11.2 Å². The normalized spacial score (nSPS) is 12.4. The summed E-state index contributed by atoms with van der Waals surface area (Å²) >= 11 is 0. The maximum Gasteiger partial charge on any atom is 0.146 e. The van der Waals surface area contributed by atoms with E-state index in [2.05, 4.69) is 36.9 Å². The van der Waals surface area contributed by atoms with Crippen LogP contribution >= 0.6 is 0 Å². The molecule has 0 aromatic heterocycles. The highest BCUT2D eigenvalue weighted by atomic mass is 19.1. The first-order valence-corrected chi connectivity index (χ1v) is 11.0. The van der Waals surface area contributed by atoms with Gasteiger partial charge < -0.3 is 10.1 Å². The molecule has 3 aromatic rings. The van der Waals surface area contributed by atoms with Gasteiger partial charge >= 0.3 is 0 Å². The van der Waals surface area contributed by atoms with E-state index in [0.29, 0.717) is 12.3 Å². The Kier molecular flexibility index (Phi) is 8.11. The van der Waals surface area contributed by atoms with Gasteiger partial charge in [-0.05, 0) is 73.2 Å². The first-order valence-electron chi connectivity index (χ1n) is 11.0. The summed E-state index contributed by atoms with van der Waals surface area (Å²) in [5.41, 5.74) is 3.23. The molecule has 3 heteroatoms. The lowest BCUT2D eigenvalue weighted by molar-refractivity contribution is 0.362. The van der Waals surface area contributed by atoms with Crippen LogP contribution in [0, 0.1) is 18.2 Å². The smallest absolute Gasteiger partial charge is 0.146 e. The summed E-state index contributed by atoms with van der Waals surface area (Å²) in [6.45, 7) is 6.28. The minimum atomic E-state index is -0.331. The number of rotatable bonds is 11. The number of ether oxygens (including phenoxy) is 1. The number of hydrogen-bond acceptors (Lipinski definition) is 2. The Morgan fingerprint density at radius 2 is 1.84 bits per heavy atom. The molecule has 0 saturated carbocycles. The highest BCUT2D eigenvalue weighted by Gasteiger charge is 2.27. The van der Waals surface area contributed by atoms with E-state index >= 15 is 0 Å². The van der Waals surface area contributed by atoms with Crippen molar-refractivity contribution < 1.29 is 9.13 Å². The van der Waals surface area contributed by atoms with Crippen molar-refractivity contribution in [3.8, 4) is 18.1 Å². The molecule has 1 N–H and O–H groups in total. The number of para-hydroxylation sites is 1. The Bertz CT molecular complexity index is 1050. The predicted molar refractivity (Wildman–Crippen MR) is 132 cm³/mol. The Labute approximate surface area is 191 Å². The lowest BCUT2D eigenvalue weighted by Crippen LogP contribution is -2.23. The molecule has 0 aliphatic carbocycles. The molecule has 0 bridgehead atoms. The van der Waals surface area contributed by atoms with Gasteiger partial charge in [0, 0.05) is 5.69 Å². The second-order valence-electron chi connectivity index (χ2n) is 7.86. The van der Waals surface area contributed by atoms with Gasteiger partial charge in [0.25, 0.3) is 0 Å². The van der Waals surface area contributed by atoms with Crippen LogP contribution in [0.3, 0.4) is 0 Å². The van der Waals surface area contributed by atoms with Gasteiger partial charge in [-0.25, -0.2) is 4.39 Å². The molecule has 0 amide bonds. The second kappa shape index (κ2) is 11.2. The first kappa shape index (κ1) is 23.2. The standard InChI is InChI=1S/C29H30FNO/c1-4-21-32-26-17-15-24(16-18-26)29(5-2,6-3)20-10-11-23-14-19-27(30)28(22-23)31-25-12-8-7-9-13-25/h2,4,7-9,12-19,22,31H,1,6,10-11,20-21H2,3H3. The number of hydrogen-bond donors (Lipinski definition) is 1. The molecular weight excluding hydrogens is 397 g/mol. The summed E-state index contributed by atoms with van der Waals surface area (Å²) in [6, 6.07) is 22.9. The molecule has 0 fully saturated rings. The van der Waals surface area contributed by atoms with Gasteiger partial charge in [-0.15, -0.1) is 6.42 Å². The van der Waals surface area contributed by atoms with Gasteiger partial charge in [0.2, 0.25) is 0 Å². The molecule has 0 aliphatic heterocycles. The minimum absolute atomic E-state index is 0.261. The molecule has 164 valence electrons. The van der Waals surface area contributed by atoms with Gasteiger partial charge in [0.05, 0.1) is 11.1 Å². The largest absolute Gasteiger partial charge is 0.490 e. The summed E-state index contributed by atoms with van der Waals surface area (Å²) in [7, 11) is 0. The van der Waals surface area contributed by atoms with Crippen molar-refractivity contribution in [2.24, 2.45) is 0 Å². The fourth-order valence-electron chi connectivity index (χ4n) is 3.90. The van der Waals surface area contributed by atoms with E-state index in [0.717, 1.165) is 48.2 Å². The molecule has 2 nitrogen and oxygen atoms in total. The highest BCUT2D eigenvalue weighted by molar-refractivity contribution is 5.60. The van der Waals surface area contributed by atoms with Crippen LogP contribution in [0.5, 0.6) is 5.75 Å². The zero-order valence-corrected chi connectivity index (χ0v) is 18.6. The Hall–Kier alpha value is -3.51.